The van der Waals surface area contributed by atoms with Crippen LogP contribution >= 0.6 is 11.6 Å². The Morgan fingerprint density at radius 3 is 2.95 bits per heavy atom. The molecule has 1 aromatic heterocycles. The van der Waals surface area contributed by atoms with Gasteiger partial charge in [-0.1, -0.05) is 23.7 Å². The number of fused-ring (bicyclic) bond motifs is 1. The van der Waals surface area contributed by atoms with Crippen molar-refractivity contribution in [3.63, 3.8) is 0 Å². The Kier molecular flexibility index (Phi) is 3.13. The van der Waals surface area contributed by atoms with Crippen molar-refractivity contribution in [2.75, 3.05) is 5.32 Å². The number of aromatic nitrogens is 2. The average molecular weight is 292 g/mol. The molecular weight excluding hydrogens is 274 g/mol. The standard InChI is InChI=1S/C15H18ClN3O/c1-15(2)7-10-5-4-6-11(14(10)20-15)17-9-13-18-8-12(16)19(13)3/h4-6,8,17H,7,9H2,1-3H3. The van der Waals surface area contributed by atoms with E-state index in [0.29, 0.717) is 11.7 Å². The smallest absolute Gasteiger partial charge is 0.146 e. The molecule has 0 atom stereocenters. The summed E-state index contributed by atoms with van der Waals surface area (Å²) < 4.78 is 7.90. The zero-order valence-corrected chi connectivity index (χ0v) is 12.7. The fourth-order valence-corrected chi connectivity index (χ4v) is 2.66. The van der Waals surface area contributed by atoms with Crippen LogP contribution in [0.3, 0.4) is 0 Å². The minimum atomic E-state index is -0.132. The summed E-state index contributed by atoms with van der Waals surface area (Å²) in [5, 5.41) is 4.02. The molecule has 0 saturated heterocycles. The van der Waals surface area contributed by atoms with E-state index >= 15 is 0 Å². The zero-order chi connectivity index (χ0) is 14.3. The van der Waals surface area contributed by atoms with Crippen molar-refractivity contribution < 1.29 is 4.74 Å². The lowest BCUT2D eigenvalue weighted by Crippen LogP contribution is -2.24. The Morgan fingerprint density at radius 2 is 2.25 bits per heavy atom. The summed E-state index contributed by atoms with van der Waals surface area (Å²) in [6.07, 6.45) is 2.60. The summed E-state index contributed by atoms with van der Waals surface area (Å²) in [6, 6.07) is 6.20. The maximum atomic E-state index is 6.03. The van der Waals surface area contributed by atoms with E-state index in [9.17, 15) is 0 Å². The van der Waals surface area contributed by atoms with E-state index < -0.39 is 0 Å². The van der Waals surface area contributed by atoms with E-state index in [2.05, 4.69) is 36.3 Å². The third-order valence-corrected chi connectivity index (χ3v) is 3.91. The van der Waals surface area contributed by atoms with Crippen LogP contribution in [0.1, 0.15) is 25.2 Å². The summed E-state index contributed by atoms with van der Waals surface area (Å²) in [7, 11) is 1.90. The Morgan fingerprint density at radius 1 is 1.45 bits per heavy atom. The van der Waals surface area contributed by atoms with Gasteiger partial charge in [-0.25, -0.2) is 4.98 Å². The van der Waals surface area contributed by atoms with Gasteiger partial charge in [0.1, 0.15) is 22.3 Å². The molecule has 1 N–H and O–H groups in total. The van der Waals surface area contributed by atoms with Gasteiger partial charge in [0, 0.05) is 19.0 Å². The van der Waals surface area contributed by atoms with Crippen LogP contribution in [-0.2, 0) is 20.0 Å². The summed E-state index contributed by atoms with van der Waals surface area (Å²) >= 11 is 5.99. The second-order valence-corrected chi connectivity index (χ2v) is 6.13. The van der Waals surface area contributed by atoms with Gasteiger partial charge >= 0.3 is 0 Å². The zero-order valence-electron chi connectivity index (χ0n) is 11.9. The largest absolute Gasteiger partial charge is 0.485 e. The highest BCUT2D eigenvalue weighted by Gasteiger charge is 2.31. The number of hydrogen-bond acceptors (Lipinski definition) is 3. The first-order valence-electron chi connectivity index (χ1n) is 6.67. The van der Waals surface area contributed by atoms with Crippen LogP contribution in [0.5, 0.6) is 5.75 Å². The van der Waals surface area contributed by atoms with Crippen molar-refractivity contribution in [2.24, 2.45) is 7.05 Å². The number of nitrogens with zero attached hydrogens (tertiary/aromatic N) is 2. The molecule has 1 aliphatic rings. The fraction of sp³-hybridized carbons (Fsp3) is 0.400. The van der Waals surface area contributed by atoms with Crippen molar-refractivity contribution in [3.8, 4) is 5.75 Å². The SMILES string of the molecule is Cn1c(Cl)cnc1CNc1cccc2c1OC(C)(C)C2. The lowest BCUT2D eigenvalue weighted by Gasteiger charge is -2.18. The second-order valence-electron chi connectivity index (χ2n) is 5.74. The Balaban J connectivity index is 1.80. The van der Waals surface area contributed by atoms with Crippen LogP contribution in [0.15, 0.2) is 24.4 Å². The maximum absolute atomic E-state index is 6.03. The van der Waals surface area contributed by atoms with E-state index in [4.69, 9.17) is 16.3 Å². The van der Waals surface area contributed by atoms with Gasteiger partial charge in [0.15, 0.2) is 0 Å². The van der Waals surface area contributed by atoms with Gasteiger partial charge in [-0.3, -0.25) is 0 Å². The molecule has 4 nitrogen and oxygen atoms in total. The van der Waals surface area contributed by atoms with Crippen molar-refractivity contribution in [2.45, 2.75) is 32.4 Å². The van der Waals surface area contributed by atoms with Crippen LogP contribution in [0.4, 0.5) is 5.69 Å². The number of ether oxygens (including phenoxy) is 1. The number of rotatable bonds is 3. The van der Waals surface area contributed by atoms with Crippen molar-refractivity contribution in [1.29, 1.82) is 0 Å². The van der Waals surface area contributed by atoms with Crippen LogP contribution in [0.25, 0.3) is 0 Å². The molecule has 0 saturated carbocycles. The highest BCUT2D eigenvalue weighted by molar-refractivity contribution is 6.29. The molecule has 0 radical (unpaired) electrons. The summed E-state index contributed by atoms with van der Waals surface area (Å²) in [6.45, 7) is 4.83. The third-order valence-electron chi connectivity index (χ3n) is 3.56. The van der Waals surface area contributed by atoms with Gasteiger partial charge < -0.3 is 14.6 Å². The number of nitrogens with one attached hydrogen (secondary N) is 1. The van der Waals surface area contributed by atoms with Gasteiger partial charge in [0.2, 0.25) is 0 Å². The van der Waals surface area contributed by atoms with E-state index in [1.54, 1.807) is 6.20 Å². The molecule has 5 heteroatoms. The number of benzene rings is 1. The Labute approximate surface area is 123 Å². The highest BCUT2D eigenvalue weighted by Crippen LogP contribution is 2.40. The predicted octanol–water partition coefficient (Wildman–Crippen LogP) is 3.40. The predicted molar refractivity (Wildman–Crippen MR) is 80.4 cm³/mol. The first-order chi connectivity index (χ1) is 9.46. The molecule has 106 valence electrons. The van der Waals surface area contributed by atoms with Crippen molar-refractivity contribution in [3.05, 3.63) is 40.9 Å². The van der Waals surface area contributed by atoms with Crippen LogP contribution in [0.2, 0.25) is 5.15 Å². The minimum Gasteiger partial charge on any atom is -0.485 e. The van der Waals surface area contributed by atoms with Crippen molar-refractivity contribution >= 4 is 17.3 Å². The number of anilines is 1. The molecule has 3 rings (SSSR count). The van der Waals surface area contributed by atoms with E-state index in [0.717, 1.165) is 23.7 Å². The van der Waals surface area contributed by atoms with Gasteiger partial charge in [0.05, 0.1) is 18.4 Å². The molecule has 0 spiro atoms. The lowest BCUT2D eigenvalue weighted by molar-refractivity contribution is 0.139. The molecule has 2 heterocycles. The van der Waals surface area contributed by atoms with Crippen LogP contribution in [0, 0.1) is 0 Å². The number of para-hydroxylation sites is 1. The molecule has 0 amide bonds. The van der Waals surface area contributed by atoms with E-state index in [1.807, 2.05) is 17.7 Å². The number of hydrogen-bond donors (Lipinski definition) is 1. The number of imidazole rings is 1. The summed E-state index contributed by atoms with van der Waals surface area (Å²) in [5.41, 5.74) is 2.12. The monoisotopic (exact) mass is 291 g/mol. The Bertz CT molecular complexity index is 649. The third kappa shape index (κ3) is 2.36. The fourth-order valence-electron chi connectivity index (χ4n) is 2.52. The first kappa shape index (κ1) is 13.3. The minimum absolute atomic E-state index is 0.132. The van der Waals surface area contributed by atoms with E-state index in [1.165, 1.54) is 5.56 Å². The van der Waals surface area contributed by atoms with E-state index in [-0.39, 0.29) is 5.60 Å². The topological polar surface area (TPSA) is 39.1 Å². The molecule has 20 heavy (non-hydrogen) atoms. The summed E-state index contributed by atoms with van der Waals surface area (Å²) in [5.74, 6) is 1.85. The quantitative estimate of drug-likeness (QED) is 0.942. The maximum Gasteiger partial charge on any atom is 0.146 e. The Hall–Kier alpha value is -1.68. The van der Waals surface area contributed by atoms with Crippen LogP contribution in [-0.4, -0.2) is 15.2 Å². The lowest BCUT2D eigenvalue weighted by atomic mass is 10.0. The van der Waals surface area contributed by atoms with Gasteiger partial charge in [0.25, 0.3) is 0 Å². The molecular formula is C15H18ClN3O. The average Bonchev–Trinajstić information content (AvgIpc) is 2.87. The molecule has 1 aromatic carbocycles. The molecule has 1 aliphatic heterocycles. The number of halogens is 1. The van der Waals surface area contributed by atoms with Gasteiger partial charge in [-0.15, -0.1) is 0 Å². The summed E-state index contributed by atoms with van der Waals surface area (Å²) in [4.78, 5) is 4.28. The molecule has 0 aliphatic carbocycles. The first-order valence-corrected chi connectivity index (χ1v) is 7.05. The highest BCUT2D eigenvalue weighted by atomic mass is 35.5. The van der Waals surface area contributed by atoms with Crippen molar-refractivity contribution in [1.82, 2.24) is 9.55 Å². The van der Waals surface area contributed by atoms with Crippen LogP contribution < -0.4 is 10.1 Å². The van der Waals surface area contributed by atoms with Gasteiger partial charge in [-0.2, -0.15) is 0 Å². The molecule has 2 aromatic rings. The molecule has 0 bridgehead atoms. The molecule has 0 unspecified atom stereocenters. The normalized spacial score (nSPS) is 15.8. The van der Waals surface area contributed by atoms with Gasteiger partial charge in [-0.05, 0) is 19.9 Å². The molecule has 0 fully saturated rings. The second kappa shape index (κ2) is 4.70.